The van der Waals surface area contributed by atoms with Crippen LogP contribution in [0.25, 0.3) is 5.57 Å². The number of hydrogen-bond donors (Lipinski definition) is 0. The monoisotopic (exact) mass is 323 g/mol. The molecule has 1 aliphatic heterocycles. The minimum atomic E-state index is -1.60. The summed E-state index contributed by atoms with van der Waals surface area (Å²) in [6.07, 6.45) is 2.45. The maximum absolute atomic E-state index is 2.78. The number of allylic oxidation sites excluding steroid dienone is 1. The molecule has 0 radical (unpaired) electrons. The normalized spacial score (nSPS) is 19.1. The van der Waals surface area contributed by atoms with Crippen LogP contribution in [0.4, 0.5) is 0 Å². The fraction of sp³-hybridized carbons (Fsp3) is 0.263. The van der Waals surface area contributed by atoms with E-state index in [1.165, 1.54) is 11.1 Å². The molecule has 1 heterocycles. The van der Waals surface area contributed by atoms with Gasteiger partial charge in [0.25, 0.3) is 0 Å². The second-order valence-corrected chi connectivity index (χ2v) is 15.9. The number of hydrogen-bond acceptors (Lipinski definition) is 1. The van der Waals surface area contributed by atoms with E-state index in [2.05, 4.69) is 98.1 Å². The predicted octanol–water partition coefficient (Wildman–Crippen LogP) is 3.89. The minimum absolute atomic E-state index is 1.33. The van der Waals surface area contributed by atoms with Crippen LogP contribution >= 0.6 is 0 Å². The summed E-state index contributed by atoms with van der Waals surface area (Å²) in [5.41, 5.74) is 2.70. The van der Waals surface area contributed by atoms with Gasteiger partial charge in [-0.3, -0.25) is 0 Å². The van der Waals surface area contributed by atoms with Crippen molar-refractivity contribution in [2.45, 2.75) is 33.1 Å². The second-order valence-electron chi connectivity index (χ2n) is 7.21. The van der Waals surface area contributed by atoms with Crippen LogP contribution in [0.15, 0.2) is 60.8 Å². The highest BCUT2D eigenvalue weighted by Gasteiger charge is 2.50. The Morgan fingerprint density at radius 3 is 1.73 bits per heavy atom. The zero-order valence-electron chi connectivity index (χ0n) is 14.2. The summed E-state index contributed by atoms with van der Waals surface area (Å²) in [5, 5.41) is 3.26. The van der Waals surface area contributed by atoms with Crippen molar-refractivity contribution in [3.63, 3.8) is 0 Å². The molecule has 114 valence electrons. The Morgan fingerprint density at radius 1 is 0.773 bits per heavy atom. The molecule has 0 amide bonds. The Hall–Kier alpha value is -1.59. The number of fused-ring (bicyclic) bond motifs is 1. The van der Waals surface area contributed by atoms with Crippen LogP contribution in [0.5, 0.6) is 0 Å². The van der Waals surface area contributed by atoms with Gasteiger partial charge in [0, 0.05) is 0 Å². The van der Waals surface area contributed by atoms with E-state index < -0.39 is 16.5 Å². The van der Waals surface area contributed by atoms with Crippen LogP contribution in [0.2, 0.25) is 26.2 Å². The first-order valence-electron chi connectivity index (χ1n) is 7.98. The molecule has 0 N–H and O–H groups in total. The van der Waals surface area contributed by atoms with Crippen LogP contribution in [0.3, 0.4) is 0 Å². The summed E-state index contributed by atoms with van der Waals surface area (Å²) < 4.78 is 2.78. The zero-order chi connectivity index (χ0) is 16.0. The van der Waals surface area contributed by atoms with E-state index >= 15 is 0 Å². The van der Waals surface area contributed by atoms with Crippen LogP contribution in [-0.2, 0) is 0 Å². The second kappa shape index (κ2) is 5.25. The van der Waals surface area contributed by atoms with E-state index in [1.54, 1.807) is 10.4 Å². The Kier molecular flexibility index (Phi) is 3.65. The van der Waals surface area contributed by atoms with Crippen molar-refractivity contribution >= 4 is 32.4 Å². The van der Waals surface area contributed by atoms with Crippen LogP contribution in [0, 0.1) is 0 Å². The minimum Gasteiger partial charge on any atom is -0.423 e. The fourth-order valence-corrected chi connectivity index (χ4v) is 16.0. The predicted molar refractivity (Wildman–Crippen MR) is 103 cm³/mol. The molecule has 1 nitrogen and oxygen atoms in total. The highest BCUT2D eigenvalue weighted by Crippen LogP contribution is 2.28. The quantitative estimate of drug-likeness (QED) is 0.758. The first-order chi connectivity index (χ1) is 10.3. The molecule has 0 saturated carbocycles. The maximum atomic E-state index is 2.78. The molecule has 2 aromatic carbocycles. The zero-order valence-corrected chi connectivity index (χ0v) is 16.2. The Balaban J connectivity index is 2.09. The van der Waals surface area contributed by atoms with E-state index in [9.17, 15) is 0 Å². The van der Waals surface area contributed by atoms with E-state index in [-0.39, 0.29) is 0 Å². The lowest BCUT2D eigenvalue weighted by molar-refractivity contribution is 0.863. The van der Waals surface area contributed by atoms with Gasteiger partial charge in [-0.1, -0.05) is 54.6 Å². The lowest BCUT2D eigenvalue weighted by Gasteiger charge is -2.39. The number of rotatable bonds is 2. The molecule has 0 unspecified atom stereocenters. The number of benzene rings is 2. The van der Waals surface area contributed by atoms with E-state index in [0.29, 0.717) is 0 Å². The van der Waals surface area contributed by atoms with Gasteiger partial charge < -0.3 is 4.23 Å². The molecule has 0 atom stereocenters. The Bertz CT molecular complexity index is 682. The van der Waals surface area contributed by atoms with Gasteiger partial charge in [-0.25, -0.2) is 0 Å². The average molecular weight is 324 g/mol. The van der Waals surface area contributed by atoms with Gasteiger partial charge in [0.05, 0.1) is 0 Å². The van der Waals surface area contributed by atoms with Crippen molar-refractivity contribution in [3.8, 4) is 0 Å². The molecule has 3 rings (SSSR count). The van der Waals surface area contributed by atoms with Crippen molar-refractivity contribution in [1.82, 2.24) is 4.23 Å². The van der Waals surface area contributed by atoms with E-state index in [0.717, 1.165) is 0 Å². The molecule has 0 aliphatic carbocycles. The van der Waals surface area contributed by atoms with Gasteiger partial charge in [-0.2, -0.15) is 0 Å². The molecule has 0 spiro atoms. The molecule has 0 fully saturated rings. The first kappa shape index (κ1) is 15.3. The Labute approximate surface area is 136 Å². The lowest BCUT2D eigenvalue weighted by atomic mass is 10.1. The summed E-state index contributed by atoms with van der Waals surface area (Å²) in [6.45, 7) is 12.2. The third kappa shape index (κ3) is 2.29. The summed E-state index contributed by atoms with van der Waals surface area (Å²) in [6, 6.07) is 19.9. The van der Waals surface area contributed by atoms with Crippen molar-refractivity contribution in [2.24, 2.45) is 0 Å². The highest BCUT2D eigenvalue weighted by molar-refractivity contribution is 7.10. The average Bonchev–Trinajstić information content (AvgIpc) is 2.66. The largest absolute Gasteiger partial charge is 0.423 e. The van der Waals surface area contributed by atoms with Crippen molar-refractivity contribution in [2.75, 3.05) is 0 Å². The molecule has 0 saturated heterocycles. The van der Waals surface area contributed by atoms with Crippen LogP contribution in [-0.4, -0.2) is 20.7 Å². The van der Waals surface area contributed by atoms with Gasteiger partial charge in [0.15, 0.2) is 16.5 Å². The maximum Gasteiger partial charge on any atom is 0.173 e. The van der Waals surface area contributed by atoms with E-state index in [1.807, 2.05) is 0 Å². The van der Waals surface area contributed by atoms with Crippen LogP contribution in [0.1, 0.15) is 12.5 Å². The Morgan fingerprint density at radius 2 is 1.23 bits per heavy atom. The molecular weight excluding hydrogens is 298 g/mol. The third-order valence-corrected chi connectivity index (χ3v) is 14.8. The van der Waals surface area contributed by atoms with Crippen molar-refractivity contribution in [3.05, 3.63) is 66.4 Å². The summed E-state index contributed by atoms with van der Waals surface area (Å²) in [7, 11) is -3.21. The third-order valence-electron chi connectivity index (χ3n) is 5.00. The summed E-state index contributed by atoms with van der Waals surface area (Å²) in [4.78, 5) is 0. The van der Waals surface area contributed by atoms with Crippen LogP contribution < -0.4 is 10.4 Å². The fourth-order valence-electron chi connectivity index (χ4n) is 3.80. The molecule has 2 aromatic rings. The van der Waals surface area contributed by atoms with Gasteiger partial charge in [0.2, 0.25) is 0 Å². The smallest absolute Gasteiger partial charge is 0.173 e. The van der Waals surface area contributed by atoms with Crippen molar-refractivity contribution in [1.29, 1.82) is 0 Å². The van der Waals surface area contributed by atoms with E-state index in [4.69, 9.17) is 0 Å². The highest BCUT2D eigenvalue weighted by atomic mass is 28.4. The van der Waals surface area contributed by atoms with Gasteiger partial charge >= 0.3 is 0 Å². The molecule has 22 heavy (non-hydrogen) atoms. The van der Waals surface area contributed by atoms with Gasteiger partial charge in [-0.05, 0) is 60.8 Å². The molecule has 3 heteroatoms. The van der Waals surface area contributed by atoms with Gasteiger partial charge in [0.1, 0.15) is 0 Å². The molecular formula is C19H25NSi2. The lowest BCUT2D eigenvalue weighted by Crippen LogP contribution is -2.57. The first-order valence-corrected chi connectivity index (χ1v) is 13.9. The number of nitrogens with zero attached hydrogens (tertiary/aromatic N) is 1. The van der Waals surface area contributed by atoms with Gasteiger partial charge in [-0.15, -0.1) is 0 Å². The summed E-state index contributed by atoms with van der Waals surface area (Å²) in [5.74, 6) is 0. The van der Waals surface area contributed by atoms with Crippen molar-refractivity contribution < 1.29 is 0 Å². The molecule has 1 aliphatic rings. The topological polar surface area (TPSA) is 3.24 Å². The molecule has 0 bridgehead atoms. The summed E-state index contributed by atoms with van der Waals surface area (Å²) >= 11 is 0. The SMILES string of the molecule is C/C(=C/N1[Si](C)(C)c2ccccc2[Si]1(C)C)c1ccccc1. The standard InChI is InChI=1S/C19H25NSi2/c1-16(17-11-7-6-8-12-17)15-20-21(2,3)18-13-9-10-14-19(18)22(20,4)5/h6-15H,1-5H3/b16-15-. The molecule has 0 aromatic heterocycles.